The van der Waals surface area contributed by atoms with E-state index < -0.39 is 0 Å². The zero-order chi connectivity index (χ0) is 13.8. The lowest BCUT2D eigenvalue weighted by Gasteiger charge is -2.34. The first-order valence-corrected chi connectivity index (χ1v) is 6.38. The second-order valence-electron chi connectivity index (χ2n) is 4.25. The molecule has 1 aliphatic heterocycles. The van der Waals surface area contributed by atoms with Gasteiger partial charge in [-0.05, 0) is 18.2 Å². The maximum absolute atomic E-state index is 12.5. The summed E-state index contributed by atoms with van der Waals surface area (Å²) in [6, 6.07) is 4.57. The summed E-state index contributed by atoms with van der Waals surface area (Å²) in [6.45, 7) is 1.12. The van der Waals surface area contributed by atoms with Crippen molar-refractivity contribution in [3.05, 3.63) is 28.8 Å². The van der Waals surface area contributed by atoms with Crippen LogP contribution < -0.4 is 4.74 Å². The molecule has 1 heterocycles. The Bertz CT molecular complexity index is 466. The quantitative estimate of drug-likeness (QED) is 0.906. The molecule has 1 aromatic carbocycles. The number of ether oxygens (including phenoxy) is 2. The summed E-state index contributed by atoms with van der Waals surface area (Å²) < 4.78 is 10.4. The molecule has 0 aliphatic carbocycles. The zero-order valence-corrected chi connectivity index (χ0v) is 11.4. The fourth-order valence-electron chi connectivity index (χ4n) is 2.08. The van der Waals surface area contributed by atoms with Crippen molar-refractivity contribution < 1.29 is 19.4 Å². The lowest BCUT2D eigenvalue weighted by molar-refractivity contribution is -0.0185. The fourth-order valence-corrected chi connectivity index (χ4v) is 2.25. The molecule has 1 aromatic rings. The van der Waals surface area contributed by atoms with E-state index in [2.05, 4.69) is 0 Å². The number of halogens is 1. The smallest absolute Gasteiger partial charge is 0.258 e. The van der Waals surface area contributed by atoms with E-state index in [0.29, 0.717) is 36.1 Å². The largest absolute Gasteiger partial charge is 0.496 e. The van der Waals surface area contributed by atoms with Crippen LogP contribution in [0.1, 0.15) is 10.4 Å². The molecule has 5 nitrogen and oxygen atoms in total. The Labute approximate surface area is 116 Å². The van der Waals surface area contributed by atoms with E-state index in [0.717, 1.165) is 0 Å². The summed E-state index contributed by atoms with van der Waals surface area (Å²) in [6.07, 6.45) is 0. The van der Waals surface area contributed by atoms with E-state index in [1.807, 2.05) is 0 Å². The summed E-state index contributed by atoms with van der Waals surface area (Å²) in [7, 11) is 1.50. The number of rotatable bonds is 3. The highest BCUT2D eigenvalue weighted by molar-refractivity contribution is 6.31. The molecular weight excluding hydrogens is 270 g/mol. The number of morpholine rings is 1. The van der Waals surface area contributed by atoms with E-state index in [1.165, 1.54) is 7.11 Å². The standard InChI is InChI=1S/C13H16ClNO4/c1-18-12-3-2-9(14)6-11(12)13(17)15-4-5-19-8-10(15)7-16/h2-3,6,10,16H,4-5,7-8H2,1H3. The predicted octanol–water partition coefficient (Wildman–Crippen LogP) is 1.18. The van der Waals surface area contributed by atoms with Crippen molar-refractivity contribution in [1.29, 1.82) is 0 Å². The van der Waals surface area contributed by atoms with Gasteiger partial charge < -0.3 is 19.5 Å². The molecule has 1 saturated heterocycles. The van der Waals surface area contributed by atoms with Crippen molar-refractivity contribution in [2.24, 2.45) is 0 Å². The highest BCUT2D eigenvalue weighted by Crippen LogP contribution is 2.25. The lowest BCUT2D eigenvalue weighted by Crippen LogP contribution is -2.50. The van der Waals surface area contributed by atoms with Crippen molar-refractivity contribution >= 4 is 17.5 Å². The Morgan fingerprint density at radius 2 is 2.42 bits per heavy atom. The van der Waals surface area contributed by atoms with Crippen LogP contribution in [0, 0.1) is 0 Å². The molecule has 0 bridgehead atoms. The first-order chi connectivity index (χ1) is 9.17. The highest BCUT2D eigenvalue weighted by Gasteiger charge is 2.29. The summed E-state index contributed by atoms with van der Waals surface area (Å²) in [5, 5.41) is 9.78. The van der Waals surface area contributed by atoms with Gasteiger partial charge in [0.15, 0.2) is 0 Å². The molecule has 1 atom stereocenters. The summed E-state index contributed by atoms with van der Waals surface area (Å²) in [5.74, 6) is 0.263. The summed E-state index contributed by atoms with van der Waals surface area (Å²) in [5.41, 5.74) is 0.398. The molecule has 1 N–H and O–H groups in total. The third kappa shape index (κ3) is 3.00. The fraction of sp³-hybridized carbons (Fsp3) is 0.462. The molecule has 6 heteroatoms. The van der Waals surface area contributed by atoms with Gasteiger partial charge in [0.1, 0.15) is 5.75 Å². The van der Waals surface area contributed by atoms with Crippen molar-refractivity contribution in [2.75, 3.05) is 33.5 Å². The number of hydrogen-bond acceptors (Lipinski definition) is 4. The average Bonchev–Trinajstić information content (AvgIpc) is 2.46. The third-order valence-corrected chi connectivity index (χ3v) is 3.33. The zero-order valence-electron chi connectivity index (χ0n) is 10.6. The molecular formula is C13H16ClNO4. The molecule has 0 radical (unpaired) electrons. The van der Waals surface area contributed by atoms with Crippen LogP contribution in [0.3, 0.4) is 0 Å². The second-order valence-corrected chi connectivity index (χ2v) is 4.69. The lowest BCUT2D eigenvalue weighted by atomic mass is 10.1. The van der Waals surface area contributed by atoms with Crippen molar-refractivity contribution in [3.8, 4) is 5.75 Å². The van der Waals surface area contributed by atoms with Gasteiger partial charge in [0.05, 0.1) is 38.5 Å². The van der Waals surface area contributed by atoms with Crippen LogP contribution in [-0.4, -0.2) is 55.4 Å². The molecule has 1 unspecified atom stereocenters. The molecule has 19 heavy (non-hydrogen) atoms. The molecule has 1 amide bonds. The molecule has 2 rings (SSSR count). The van der Waals surface area contributed by atoms with Crippen LogP contribution in [0.2, 0.25) is 5.02 Å². The average molecular weight is 286 g/mol. The number of amides is 1. The van der Waals surface area contributed by atoms with Gasteiger partial charge in [0.2, 0.25) is 0 Å². The number of benzene rings is 1. The van der Waals surface area contributed by atoms with E-state index in [4.69, 9.17) is 21.1 Å². The molecule has 0 spiro atoms. The van der Waals surface area contributed by atoms with Gasteiger partial charge in [-0.3, -0.25) is 4.79 Å². The van der Waals surface area contributed by atoms with Crippen molar-refractivity contribution in [1.82, 2.24) is 4.90 Å². The molecule has 0 saturated carbocycles. The Morgan fingerprint density at radius 1 is 1.63 bits per heavy atom. The monoisotopic (exact) mass is 285 g/mol. The second kappa shape index (κ2) is 6.23. The van der Waals surface area contributed by atoms with E-state index in [-0.39, 0.29) is 18.6 Å². The molecule has 1 fully saturated rings. The number of methoxy groups -OCH3 is 1. The number of aliphatic hydroxyl groups is 1. The minimum atomic E-state index is -0.329. The summed E-state index contributed by atoms with van der Waals surface area (Å²) in [4.78, 5) is 14.1. The van der Waals surface area contributed by atoms with Gasteiger partial charge in [-0.2, -0.15) is 0 Å². The Balaban J connectivity index is 2.29. The van der Waals surface area contributed by atoms with Gasteiger partial charge in [0, 0.05) is 11.6 Å². The molecule has 0 aromatic heterocycles. The maximum Gasteiger partial charge on any atom is 0.258 e. The minimum absolute atomic E-state index is 0.130. The van der Waals surface area contributed by atoms with Crippen LogP contribution in [0.5, 0.6) is 5.75 Å². The number of hydrogen-bond donors (Lipinski definition) is 1. The third-order valence-electron chi connectivity index (χ3n) is 3.09. The molecule has 1 aliphatic rings. The number of carbonyl (C=O) groups excluding carboxylic acids is 1. The number of carbonyl (C=O) groups is 1. The highest BCUT2D eigenvalue weighted by atomic mass is 35.5. The Hall–Kier alpha value is -1.30. The first-order valence-electron chi connectivity index (χ1n) is 6.00. The minimum Gasteiger partial charge on any atom is -0.496 e. The normalized spacial score (nSPS) is 19.3. The van der Waals surface area contributed by atoms with Crippen LogP contribution in [0.15, 0.2) is 18.2 Å². The van der Waals surface area contributed by atoms with Crippen molar-refractivity contribution in [2.45, 2.75) is 6.04 Å². The van der Waals surface area contributed by atoms with E-state index >= 15 is 0 Å². The Kier molecular flexibility index (Phi) is 4.63. The topological polar surface area (TPSA) is 59.0 Å². The SMILES string of the molecule is COc1ccc(Cl)cc1C(=O)N1CCOCC1CO. The number of nitrogens with zero attached hydrogens (tertiary/aromatic N) is 1. The van der Waals surface area contributed by atoms with E-state index in [9.17, 15) is 9.90 Å². The first kappa shape index (κ1) is 14.1. The van der Waals surface area contributed by atoms with Crippen molar-refractivity contribution in [3.63, 3.8) is 0 Å². The van der Waals surface area contributed by atoms with Gasteiger partial charge in [-0.1, -0.05) is 11.6 Å². The van der Waals surface area contributed by atoms with Crippen LogP contribution in [-0.2, 0) is 4.74 Å². The summed E-state index contributed by atoms with van der Waals surface area (Å²) >= 11 is 5.93. The predicted molar refractivity (Wildman–Crippen MR) is 70.7 cm³/mol. The van der Waals surface area contributed by atoms with Gasteiger partial charge in [-0.25, -0.2) is 0 Å². The molecule has 104 valence electrons. The maximum atomic E-state index is 12.5. The Morgan fingerprint density at radius 3 is 3.11 bits per heavy atom. The van der Waals surface area contributed by atoms with Crippen LogP contribution >= 0.6 is 11.6 Å². The van der Waals surface area contributed by atoms with Gasteiger partial charge >= 0.3 is 0 Å². The van der Waals surface area contributed by atoms with E-state index in [1.54, 1.807) is 23.1 Å². The van der Waals surface area contributed by atoms with Crippen LogP contribution in [0.25, 0.3) is 0 Å². The van der Waals surface area contributed by atoms with Crippen LogP contribution in [0.4, 0.5) is 0 Å². The van der Waals surface area contributed by atoms with Gasteiger partial charge in [-0.15, -0.1) is 0 Å². The number of aliphatic hydroxyl groups excluding tert-OH is 1. The van der Waals surface area contributed by atoms with Gasteiger partial charge in [0.25, 0.3) is 5.91 Å².